The zero-order chi connectivity index (χ0) is 18.8. The Morgan fingerprint density at radius 1 is 0.963 bits per heavy atom. The van der Waals surface area contributed by atoms with Crippen LogP contribution in [-0.2, 0) is 0 Å². The molecule has 2 heterocycles. The van der Waals surface area contributed by atoms with Crippen molar-refractivity contribution in [2.45, 2.75) is 31.6 Å². The summed E-state index contributed by atoms with van der Waals surface area (Å²) in [6, 6.07) is 22.2. The number of hydrogen-bond acceptors (Lipinski definition) is 4. The minimum Gasteiger partial charge on any atom is -0.266 e. The Balaban J connectivity index is 1.51. The SMILES string of the molecule is CC1(C)N=C(c2ccc3ccccc3c2)[C@H]2[C@@H](c3ccc([N+](=O)[O-])cc3)N21. The fourth-order valence-corrected chi connectivity index (χ4v) is 4.33. The molecule has 27 heavy (non-hydrogen) atoms. The summed E-state index contributed by atoms with van der Waals surface area (Å²) in [6.45, 7) is 4.25. The Bertz CT molecular complexity index is 1100. The molecule has 1 saturated heterocycles. The molecule has 0 spiro atoms. The number of nitro benzene ring substituents is 1. The van der Waals surface area contributed by atoms with E-state index in [-0.39, 0.29) is 28.4 Å². The van der Waals surface area contributed by atoms with Gasteiger partial charge in [-0.2, -0.15) is 0 Å². The van der Waals surface area contributed by atoms with Crippen molar-refractivity contribution in [2.75, 3.05) is 0 Å². The quantitative estimate of drug-likeness (QED) is 0.387. The van der Waals surface area contributed by atoms with Gasteiger partial charge in [0, 0.05) is 12.1 Å². The van der Waals surface area contributed by atoms with Crippen molar-refractivity contribution in [1.82, 2.24) is 4.90 Å². The topological polar surface area (TPSA) is 58.5 Å². The molecular weight excluding hydrogens is 338 g/mol. The molecule has 0 radical (unpaired) electrons. The normalized spacial score (nSPS) is 25.1. The van der Waals surface area contributed by atoms with Crippen LogP contribution in [0.25, 0.3) is 10.8 Å². The lowest BCUT2D eigenvalue weighted by Crippen LogP contribution is -2.25. The van der Waals surface area contributed by atoms with E-state index < -0.39 is 0 Å². The Morgan fingerprint density at radius 3 is 2.37 bits per heavy atom. The molecule has 3 atom stereocenters. The minimum absolute atomic E-state index is 0.127. The maximum atomic E-state index is 10.9. The molecule has 0 amide bonds. The summed E-state index contributed by atoms with van der Waals surface area (Å²) in [6.07, 6.45) is 0. The van der Waals surface area contributed by atoms with Crippen molar-refractivity contribution < 1.29 is 4.92 Å². The number of benzene rings is 3. The van der Waals surface area contributed by atoms with E-state index in [1.165, 1.54) is 10.8 Å². The predicted octanol–water partition coefficient (Wildman–Crippen LogP) is 4.71. The molecule has 3 aromatic carbocycles. The molecule has 0 aliphatic carbocycles. The van der Waals surface area contributed by atoms with E-state index in [4.69, 9.17) is 4.99 Å². The molecule has 0 aromatic heterocycles. The third kappa shape index (κ3) is 2.46. The van der Waals surface area contributed by atoms with Crippen molar-refractivity contribution in [1.29, 1.82) is 0 Å². The molecule has 5 rings (SSSR count). The lowest BCUT2D eigenvalue weighted by molar-refractivity contribution is -0.384. The summed E-state index contributed by atoms with van der Waals surface area (Å²) in [5.74, 6) is 0. The molecule has 2 aliphatic heterocycles. The molecule has 2 aliphatic rings. The minimum atomic E-state index is -0.357. The van der Waals surface area contributed by atoms with Crippen LogP contribution in [0.3, 0.4) is 0 Å². The molecule has 0 bridgehead atoms. The molecule has 1 unspecified atom stereocenters. The molecular formula is C22H19N3O2. The van der Waals surface area contributed by atoms with Crippen LogP contribution in [0.1, 0.15) is 31.0 Å². The van der Waals surface area contributed by atoms with E-state index in [9.17, 15) is 10.1 Å². The van der Waals surface area contributed by atoms with Crippen molar-refractivity contribution in [3.63, 3.8) is 0 Å². The van der Waals surface area contributed by atoms with Crippen molar-refractivity contribution in [3.05, 3.63) is 88.0 Å². The average molecular weight is 357 g/mol. The molecule has 0 N–H and O–H groups in total. The Hall–Kier alpha value is -3.05. The summed E-state index contributed by atoms with van der Waals surface area (Å²) >= 11 is 0. The van der Waals surface area contributed by atoms with Gasteiger partial charge in [0.25, 0.3) is 5.69 Å². The second-order valence-electron chi connectivity index (χ2n) is 7.70. The summed E-state index contributed by atoms with van der Waals surface area (Å²) in [4.78, 5) is 17.9. The van der Waals surface area contributed by atoms with Crippen LogP contribution in [-0.4, -0.2) is 27.2 Å². The summed E-state index contributed by atoms with van der Waals surface area (Å²) in [5, 5.41) is 13.3. The highest BCUT2D eigenvalue weighted by Crippen LogP contribution is 2.55. The summed E-state index contributed by atoms with van der Waals surface area (Å²) < 4.78 is 0. The van der Waals surface area contributed by atoms with E-state index in [1.54, 1.807) is 12.1 Å². The smallest absolute Gasteiger partial charge is 0.266 e. The largest absolute Gasteiger partial charge is 0.269 e. The highest BCUT2D eigenvalue weighted by Gasteiger charge is 2.62. The van der Waals surface area contributed by atoms with Crippen molar-refractivity contribution in [3.8, 4) is 0 Å². The van der Waals surface area contributed by atoms with Gasteiger partial charge in [0.05, 0.1) is 22.7 Å². The molecule has 5 heteroatoms. The molecule has 3 aromatic rings. The number of fused-ring (bicyclic) bond motifs is 2. The monoisotopic (exact) mass is 357 g/mol. The number of non-ortho nitro benzene ring substituents is 1. The third-order valence-electron chi connectivity index (χ3n) is 5.61. The van der Waals surface area contributed by atoms with E-state index in [1.807, 2.05) is 18.2 Å². The number of nitro groups is 1. The second kappa shape index (κ2) is 5.47. The molecule has 134 valence electrons. The lowest BCUT2D eigenvalue weighted by Gasteiger charge is -2.20. The predicted molar refractivity (Wildman–Crippen MR) is 106 cm³/mol. The molecule has 5 nitrogen and oxygen atoms in total. The Labute approximate surface area is 157 Å². The van der Waals surface area contributed by atoms with Crippen LogP contribution in [0.4, 0.5) is 5.69 Å². The van der Waals surface area contributed by atoms with Gasteiger partial charge in [-0.25, -0.2) is 0 Å². The zero-order valence-electron chi connectivity index (χ0n) is 15.2. The fraction of sp³-hybridized carbons (Fsp3) is 0.227. The first-order valence-corrected chi connectivity index (χ1v) is 9.07. The lowest BCUT2D eigenvalue weighted by atomic mass is 9.98. The van der Waals surface area contributed by atoms with E-state index in [2.05, 4.69) is 55.1 Å². The van der Waals surface area contributed by atoms with Crippen LogP contribution in [0.5, 0.6) is 0 Å². The Kier molecular flexibility index (Phi) is 3.27. The van der Waals surface area contributed by atoms with Gasteiger partial charge in [0.2, 0.25) is 0 Å². The number of rotatable bonds is 3. The zero-order valence-corrected chi connectivity index (χ0v) is 15.2. The second-order valence-corrected chi connectivity index (χ2v) is 7.70. The first kappa shape index (κ1) is 16.1. The number of aliphatic imine (C=N–C) groups is 1. The van der Waals surface area contributed by atoms with Crippen LogP contribution in [0, 0.1) is 10.1 Å². The Morgan fingerprint density at radius 2 is 1.67 bits per heavy atom. The first-order chi connectivity index (χ1) is 13.0. The van der Waals surface area contributed by atoms with Gasteiger partial charge in [-0.05, 0) is 41.8 Å². The highest BCUT2D eigenvalue weighted by atomic mass is 16.6. The van der Waals surface area contributed by atoms with Crippen LogP contribution < -0.4 is 0 Å². The van der Waals surface area contributed by atoms with Gasteiger partial charge in [-0.1, -0.05) is 48.5 Å². The average Bonchev–Trinajstić information content (AvgIpc) is 3.36. The number of nitrogens with zero attached hydrogens (tertiary/aromatic N) is 3. The maximum absolute atomic E-state index is 10.9. The molecule has 1 fully saturated rings. The summed E-state index contributed by atoms with van der Waals surface area (Å²) in [7, 11) is 0. The van der Waals surface area contributed by atoms with Gasteiger partial charge >= 0.3 is 0 Å². The van der Waals surface area contributed by atoms with Gasteiger partial charge in [0.1, 0.15) is 5.66 Å². The van der Waals surface area contributed by atoms with Gasteiger partial charge in [-0.3, -0.25) is 20.0 Å². The third-order valence-corrected chi connectivity index (χ3v) is 5.61. The standard InChI is InChI=1S/C22H19N3O2/c1-22(2)23-19(17-8-7-14-5-3-4-6-16(14)13-17)21-20(24(21)22)15-9-11-18(12-10-15)25(26)27/h3-13,20-21H,1-2H3/t20-,21+,24?/m1/s1. The van der Waals surface area contributed by atoms with Gasteiger partial charge in [-0.15, -0.1) is 0 Å². The van der Waals surface area contributed by atoms with Gasteiger partial charge in [0.15, 0.2) is 0 Å². The first-order valence-electron chi connectivity index (χ1n) is 9.07. The highest BCUT2D eigenvalue weighted by molar-refractivity contribution is 6.10. The van der Waals surface area contributed by atoms with Crippen LogP contribution in [0.15, 0.2) is 71.7 Å². The maximum Gasteiger partial charge on any atom is 0.269 e. The van der Waals surface area contributed by atoms with Crippen molar-refractivity contribution in [2.24, 2.45) is 4.99 Å². The van der Waals surface area contributed by atoms with Crippen LogP contribution in [0.2, 0.25) is 0 Å². The van der Waals surface area contributed by atoms with Crippen molar-refractivity contribution >= 4 is 22.2 Å². The van der Waals surface area contributed by atoms with Gasteiger partial charge < -0.3 is 0 Å². The fourth-order valence-electron chi connectivity index (χ4n) is 4.33. The van der Waals surface area contributed by atoms with Crippen LogP contribution >= 0.6 is 0 Å². The van der Waals surface area contributed by atoms with E-state index in [0.29, 0.717) is 0 Å². The molecule has 0 saturated carbocycles. The summed E-state index contributed by atoms with van der Waals surface area (Å²) in [5.41, 5.74) is 3.21. The van der Waals surface area contributed by atoms with E-state index >= 15 is 0 Å². The number of hydrogen-bond donors (Lipinski definition) is 0. The van der Waals surface area contributed by atoms with E-state index in [0.717, 1.165) is 16.8 Å².